The zero-order chi connectivity index (χ0) is 24.0. The van der Waals surface area contributed by atoms with Crippen molar-refractivity contribution in [2.24, 2.45) is 7.05 Å². The van der Waals surface area contributed by atoms with Crippen molar-refractivity contribution in [1.82, 2.24) is 20.1 Å². The van der Waals surface area contributed by atoms with Crippen LogP contribution in [-0.4, -0.2) is 38.4 Å². The van der Waals surface area contributed by atoms with Crippen LogP contribution in [0.3, 0.4) is 0 Å². The minimum absolute atomic E-state index is 0.00678. The highest BCUT2D eigenvalue weighted by Crippen LogP contribution is 2.26. The van der Waals surface area contributed by atoms with Crippen molar-refractivity contribution in [2.45, 2.75) is 44.0 Å². The number of aryl methyl sites for hydroxylation is 2. The molecule has 0 unspecified atom stereocenters. The fourth-order valence-corrected chi connectivity index (χ4v) is 4.25. The maximum atomic E-state index is 13.7. The van der Waals surface area contributed by atoms with E-state index in [0.717, 1.165) is 16.8 Å². The molecule has 1 aromatic heterocycles. The van der Waals surface area contributed by atoms with E-state index >= 15 is 0 Å². The fourth-order valence-electron chi connectivity index (χ4n) is 3.31. The molecule has 0 aliphatic carbocycles. The third kappa shape index (κ3) is 6.19. The number of nitrogens with zero attached hydrogens (tertiary/aromatic N) is 3. The first-order valence-electron chi connectivity index (χ1n) is 10.8. The average Bonchev–Trinajstić information content (AvgIpc) is 3.13. The summed E-state index contributed by atoms with van der Waals surface area (Å²) < 4.78 is 15.5. The summed E-state index contributed by atoms with van der Waals surface area (Å²) in [5, 5.41) is 14.4. The normalized spacial score (nSPS) is 11.8. The van der Waals surface area contributed by atoms with Gasteiger partial charge in [-0.1, -0.05) is 48.5 Å². The number of amides is 2. The first-order chi connectivity index (χ1) is 15.8. The third-order valence-corrected chi connectivity index (χ3v) is 6.63. The highest BCUT2D eigenvalue weighted by molar-refractivity contribution is 8.00. The quantitative estimate of drug-likeness (QED) is 0.462. The maximum Gasteiger partial charge on any atom is 0.254 e. The van der Waals surface area contributed by atoms with Crippen LogP contribution in [-0.2, 0) is 18.3 Å². The van der Waals surface area contributed by atoms with Gasteiger partial charge in [-0.15, -0.1) is 10.2 Å². The number of carbonyl (C=O) groups excluding carboxylic acids is 2. The Kier molecular flexibility index (Phi) is 8.21. The number of hydrogen-bond acceptors (Lipinski definition) is 5. The summed E-state index contributed by atoms with van der Waals surface area (Å²) in [7, 11) is 1.82. The number of hydrogen-bond donors (Lipinski definition) is 2. The van der Waals surface area contributed by atoms with Gasteiger partial charge in [0, 0.05) is 25.7 Å². The largest absolute Gasteiger partial charge is 0.351 e. The predicted molar refractivity (Wildman–Crippen MR) is 128 cm³/mol. The van der Waals surface area contributed by atoms with Crippen molar-refractivity contribution in [1.29, 1.82) is 0 Å². The van der Waals surface area contributed by atoms with E-state index in [1.165, 1.54) is 30.0 Å². The van der Waals surface area contributed by atoms with Crippen LogP contribution in [0.1, 0.15) is 40.7 Å². The number of halogens is 1. The number of nitrogens with one attached hydrogen (secondary N) is 2. The minimum atomic E-state index is -0.558. The van der Waals surface area contributed by atoms with Gasteiger partial charge >= 0.3 is 0 Å². The Labute approximate surface area is 197 Å². The summed E-state index contributed by atoms with van der Waals surface area (Å²) in [6, 6.07) is 11.8. The van der Waals surface area contributed by atoms with Crippen LogP contribution in [0.4, 0.5) is 10.1 Å². The van der Waals surface area contributed by atoms with E-state index < -0.39 is 11.7 Å². The van der Waals surface area contributed by atoms with Crippen LogP contribution in [0.25, 0.3) is 0 Å². The second kappa shape index (κ2) is 11.1. The molecule has 1 heterocycles. The Bertz CT molecular complexity index is 1150. The van der Waals surface area contributed by atoms with Crippen molar-refractivity contribution in [3.05, 3.63) is 70.8 Å². The first-order valence-corrected chi connectivity index (χ1v) is 11.6. The summed E-state index contributed by atoms with van der Waals surface area (Å²) in [5.74, 6) is -0.455. The standard InChI is InChI=1S/C24H28FN5O2S/c1-5-20(23(32)27-19-11-10-15(2)14-16(19)3)33-24-29-28-21(30(24)4)12-13-26-22(31)17-8-6-7-9-18(17)25/h6-11,14,20H,5,12-13H2,1-4H3,(H,26,31)(H,27,32)/t20-/m0/s1. The number of thioether (sulfide) groups is 1. The van der Waals surface area contributed by atoms with Crippen LogP contribution in [0.15, 0.2) is 47.6 Å². The smallest absolute Gasteiger partial charge is 0.254 e. The molecule has 0 saturated heterocycles. The topological polar surface area (TPSA) is 88.9 Å². The van der Waals surface area contributed by atoms with E-state index in [0.29, 0.717) is 23.8 Å². The molecule has 3 rings (SSSR count). The summed E-state index contributed by atoms with van der Waals surface area (Å²) in [6.07, 6.45) is 1.05. The van der Waals surface area contributed by atoms with Gasteiger partial charge in [0.1, 0.15) is 11.6 Å². The molecule has 3 aromatic rings. The molecule has 2 aromatic carbocycles. The van der Waals surface area contributed by atoms with Crippen molar-refractivity contribution in [2.75, 3.05) is 11.9 Å². The number of benzene rings is 2. The molecule has 0 saturated carbocycles. The van der Waals surface area contributed by atoms with Crippen LogP contribution in [0.2, 0.25) is 0 Å². The maximum absolute atomic E-state index is 13.7. The van der Waals surface area contributed by atoms with Gasteiger partial charge in [0.15, 0.2) is 5.16 Å². The zero-order valence-electron chi connectivity index (χ0n) is 19.2. The highest BCUT2D eigenvalue weighted by atomic mass is 32.2. The van der Waals surface area contributed by atoms with Gasteiger partial charge in [-0.05, 0) is 44.0 Å². The fraction of sp³-hybridized carbons (Fsp3) is 0.333. The number of carbonyl (C=O) groups is 2. The first kappa shape index (κ1) is 24.4. The SMILES string of the molecule is CC[C@H](Sc1nnc(CCNC(=O)c2ccccc2F)n1C)C(=O)Nc1ccc(C)cc1C. The van der Waals surface area contributed by atoms with E-state index in [-0.39, 0.29) is 23.3 Å². The molecular formula is C24H28FN5O2S. The molecule has 7 nitrogen and oxygen atoms in total. The molecular weight excluding hydrogens is 441 g/mol. The predicted octanol–water partition coefficient (Wildman–Crippen LogP) is 4.05. The molecule has 0 bridgehead atoms. The Morgan fingerprint density at radius 1 is 1.15 bits per heavy atom. The summed E-state index contributed by atoms with van der Waals surface area (Å²) in [4.78, 5) is 25.0. The summed E-state index contributed by atoms with van der Waals surface area (Å²) >= 11 is 1.35. The second-order valence-corrected chi connectivity index (χ2v) is 8.94. The molecule has 33 heavy (non-hydrogen) atoms. The lowest BCUT2D eigenvalue weighted by Crippen LogP contribution is -2.27. The van der Waals surface area contributed by atoms with Crippen LogP contribution in [0.5, 0.6) is 0 Å². The van der Waals surface area contributed by atoms with Gasteiger partial charge < -0.3 is 15.2 Å². The Morgan fingerprint density at radius 2 is 1.91 bits per heavy atom. The monoisotopic (exact) mass is 469 g/mol. The Morgan fingerprint density at radius 3 is 2.61 bits per heavy atom. The van der Waals surface area contributed by atoms with Crippen molar-refractivity contribution in [3.8, 4) is 0 Å². The van der Waals surface area contributed by atoms with Gasteiger partial charge in [-0.25, -0.2) is 4.39 Å². The van der Waals surface area contributed by atoms with Gasteiger partial charge in [0.25, 0.3) is 5.91 Å². The minimum Gasteiger partial charge on any atom is -0.351 e. The average molecular weight is 470 g/mol. The molecule has 0 radical (unpaired) electrons. The lowest BCUT2D eigenvalue weighted by Gasteiger charge is -2.16. The van der Waals surface area contributed by atoms with E-state index in [9.17, 15) is 14.0 Å². The van der Waals surface area contributed by atoms with Crippen LogP contribution >= 0.6 is 11.8 Å². The number of aromatic nitrogens is 3. The number of rotatable bonds is 9. The lowest BCUT2D eigenvalue weighted by atomic mass is 10.1. The molecule has 9 heteroatoms. The van der Waals surface area contributed by atoms with E-state index in [1.807, 2.05) is 50.6 Å². The number of anilines is 1. The molecule has 0 fully saturated rings. The summed E-state index contributed by atoms with van der Waals surface area (Å²) in [5.41, 5.74) is 2.96. The summed E-state index contributed by atoms with van der Waals surface area (Å²) in [6.45, 7) is 6.22. The van der Waals surface area contributed by atoms with E-state index in [1.54, 1.807) is 6.07 Å². The van der Waals surface area contributed by atoms with Crippen molar-refractivity contribution >= 4 is 29.3 Å². The molecule has 0 aliphatic heterocycles. The molecule has 0 spiro atoms. The molecule has 1 atom stereocenters. The molecule has 2 N–H and O–H groups in total. The molecule has 0 aliphatic rings. The van der Waals surface area contributed by atoms with E-state index in [4.69, 9.17) is 0 Å². The molecule has 174 valence electrons. The Hall–Kier alpha value is -3.20. The Balaban J connectivity index is 1.58. The third-order valence-electron chi connectivity index (χ3n) is 5.23. The van der Waals surface area contributed by atoms with Gasteiger partial charge in [-0.2, -0.15) is 0 Å². The van der Waals surface area contributed by atoms with Gasteiger partial charge in [0.2, 0.25) is 5.91 Å². The van der Waals surface area contributed by atoms with Crippen LogP contribution in [0, 0.1) is 19.7 Å². The van der Waals surface area contributed by atoms with Crippen molar-refractivity contribution in [3.63, 3.8) is 0 Å². The highest BCUT2D eigenvalue weighted by Gasteiger charge is 2.22. The van der Waals surface area contributed by atoms with E-state index in [2.05, 4.69) is 20.8 Å². The lowest BCUT2D eigenvalue weighted by molar-refractivity contribution is -0.115. The van der Waals surface area contributed by atoms with Gasteiger partial charge in [-0.3, -0.25) is 9.59 Å². The van der Waals surface area contributed by atoms with Crippen molar-refractivity contribution < 1.29 is 14.0 Å². The van der Waals surface area contributed by atoms with Gasteiger partial charge in [0.05, 0.1) is 10.8 Å². The zero-order valence-corrected chi connectivity index (χ0v) is 20.0. The molecule has 2 amide bonds. The second-order valence-electron chi connectivity index (χ2n) is 7.77. The van der Waals surface area contributed by atoms with Crippen LogP contribution < -0.4 is 10.6 Å².